The summed E-state index contributed by atoms with van der Waals surface area (Å²) in [7, 11) is 1.97. The molecule has 0 aromatic rings. The first kappa shape index (κ1) is 17.1. The molecule has 2 aliphatic heterocycles. The predicted molar refractivity (Wildman–Crippen MR) is 93.1 cm³/mol. The molecule has 3 fully saturated rings. The van der Waals surface area contributed by atoms with E-state index in [4.69, 9.17) is 0 Å². The van der Waals surface area contributed by atoms with Crippen molar-refractivity contribution in [2.75, 3.05) is 38.3 Å². The molecule has 23 heavy (non-hydrogen) atoms. The van der Waals surface area contributed by atoms with Crippen LogP contribution in [0.4, 0.5) is 0 Å². The van der Waals surface area contributed by atoms with Gasteiger partial charge in [-0.15, -0.1) is 11.8 Å². The highest BCUT2D eigenvalue weighted by Crippen LogP contribution is 2.31. The molecule has 3 rings (SSSR count). The molecule has 1 N–H and O–H groups in total. The summed E-state index contributed by atoms with van der Waals surface area (Å²) in [6.07, 6.45) is 6.61. The average molecular weight is 340 g/mol. The Morgan fingerprint density at radius 3 is 2.65 bits per heavy atom. The first-order chi connectivity index (χ1) is 11.2. The van der Waals surface area contributed by atoms with E-state index in [1.165, 1.54) is 6.42 Å². The van der Waals surface area contributed by atoms with Crippen molar-refractivity contribution in [2.24, 2.45) is 11.8 Å². The number of thioether (sulfide) groups is 1. The van der Waals surface area contributed by atoms with E-state index in [1.807, 2.05) is 16.8 Å². The maximum Gasteiger partial charge on any atom is 0.246 e. The third kappa shape index (κ3) is 3.85. The lowest BCUT2D eigenvalue weighted by molar-refractivity contribution is -0.146. The largest absolute Gasteiger partial charge is 0.341 e. The van der Waals surface area contributed by atoms with Crippen LogP contribution < -0.4 is 5.32 Å². The second-order valence-electron chi connectivity index (χ2n) is 7.16. The summed E-state index contributed by atoms with van der Waals surface area (Å²) in [5.74, 6) is 2.59. The third-order valence-electron chi connectivity index (χ3n) is 5.48. The lowest BCUT2D eigenvalue weighted by Gasteiger charge is -2.36. The molecule has 3 aliphatic rings. The van der Waals surface area contributed by atoms with Crippen molar-refractivity contribution in [2.45, 2.75) is 44.6 Å². The normalized spacial score (nSPS) is 29.3. The molecule has 130 valence electrons. The van der Waals surface area contributed by atoms with Crippen molar-refractivity contribution < 1.29 is 9.59 Å². The summed E-state index contributed by atoms with van der Waals surface area (Å²) >= 11 is 1.73. The summed E-state index contributed by atoms with van der Waals surface area (Å²) in [6.45, 7) is 2.66. The number of rotatable bonds is 4. The second kappa shape index (κ2) is 7.88. The molecule has 2 unspecified atom stereocenters. The van der Waals surface area contributed by atoms with Gasteiger partial charge < -0.3 is 15.1 Å². The molecule has 1 saturated carbocycles. The monoisotopic (exact) mass is 339 g/mol. The molecule has 0 radical (unpaired) electrons. The van der Waals surface area contributed by atoms with Crippen molar-refractivity contribution in [3.8, 4) is 0 Å². The van der Waals surface area contributed by atoms with Crippen LogP contribution in [0.5, 0.6) is 0 Å². The lowest BCUT2D eigenvalue weighted by Crippen LogP contribution is -2.53. The summed E-state index contributed by atoms with van der Waals surface area (Å²) in [6, 6.07) is -0.221. The smallest absolute Gasteiger partial charge is 0.246 e. The Bertz CT molecular complexity index is 438. The molecule has 0 aromatic heterocycles. The van der Waals surface area contributed by atoms with E-state index >= 15 is 0 Å². The van der Waals surface area contributed by atoms with Gasteiger partial charge in [-0.1, -0.05) is 12.8 Å². The van der Waals surface area contributed by atoms with E-state index in [-0.39, 0.29) is 23.8 Å². The number of nitrogens with one attached hydrogen (secondary N) is 1. The van der Waals surface area contributed by atoms with Crippen LogP contribution in [-0.2, 0) is 9.59 Å². The fraction of sp³-hybridized carbons (Fsp3) is 0.882. The van der Waals surface area contributed by atoms with Gasteiger partial charge in [-0.05, 0) is 45.2 Å². The van der Waals surface area contributed by atoms with Gasteiger partial charge in [-0.3, -0.25) is 9.59 Å². The maximum atomic E-state index is 13.0. The Labute approximate surface area is 143 Å². The van der Waals surface area contributed by atoms with Gasteiger partial charge in [0.1, 0.15) is 6.04 Å². The molecule has 2 amide bonds. The van der Waals surface area contributed by atoms with Gasteiger partial charge in [-0.2, -0.15) is 0 Å². The molecule has 0 aromatic carbocycles. The number of piperidine rings is 1. The van der Waals surface area contributed by atoms with Gasteiger partial charge in [0, 0.05) is 24.8 Å². The van der Waals surface area contributed by atoms with Gasteiger partial charge in [-0.25, -0.2) is 0 Å². The molecule has 0 bridgehead atoms. The van der Waals surface area contributed by atoms with Crippen molar-refractivity contribution in [1.82, 2.24) is 15.1 Å². The minimum Gasteiger partial charge on any atom is -0.341 e. The van der Waals surface area contributed by atoms with Gasteiger partial charge >= 0.3 is 0 Å². The number of hydrogen-bond acceptors (Lipinski definition) is 4. The van der Waals surface area contributed by atoms with Crippen LogP contribution in [0.3, 0.4) is 0 Å². The standard InChI is InChI=1S/C17H29N3O2S/c1-18-9-13-5-4-8-19(10-13)17(22)15-11-23-12-20(15)16(21)14-6-2-3-7-14/h13-15,18H,2-12H2,1H3. The van der Waals surface area contributed by atoms with Crippen molar-refractivity contribution >= 4 is 23.6 Å². The Kier molecular flexibility index (Phi) is 5.85. The quantitative estimate of drug-likeness (QED) is 0.844. The minimum atomic E-state index is -0.221. The first-order valence-corrected chi connectivity index (χ1v) is 10.2. The number of hydrogen-bond donors (Lipinski definition) is 1. The van der Waals surface area contributed by atoms with E-state index < -0.39 is 0 Å². The number of carbonyl (C=O) groups excluding carboxylic acids is 2. The molecule has 2 heterocycles. The SMILES string of the molecule is CNCC1CCCN(C(=O)C2CSCN2C(=O)C2CCCC2)C1. The second-order valence-corrected chi connectivity index (χ2v) is 8.16. The molecular formula is C17H29N3O2S. The zero-order valence-electron chi connectivity index (χ0n) is 14.1. The van der Waals surface area contributed by atoms with Crippen LogP contribution in [0.15, 0.2) is 0 Å². The molecule has 1 aliphatic carbocycles. The average Bonchev–Trinajstić information content (AvgIpc) is 3.25. The van der Waals surface area contributed by atoms with Crippen molar-refractivity contribution in [3.63, 3.8) is 0 Å². The van der Waals surface area contributed by atoms with Gasteiger partial charge in [0.15, 0.2) is 0 Å². The number of carbonyl (C=O) groups is 2. The van der Waals surface area contributed by atoms with E-state index in [2.05, 4.69) is 5.32 Å². The van der Waals surface area contributed by atoms with Gasteiger partial charge in [0.25, 0.3) is 0 Å². The summed E-state index contributed by atoms with van der Waals surface area (Å²) in [5.41, 5.74) is 0. The fourth-order valence-electron chi connectivity index (χ4n) is 4.20. The summed E-state index contributed by atoms with van der Waals surface area (Å²) < 4.78 is 0. The van der Waals surface area contributed by atoms with Crippen LogP contribution in [0.1, 0.15) is 38.5 Å². The van der Waals surface area contributed by atoms with Crippen LogP contribution >= 0.6 is 11.8 Å². The Hall–Kier alpha value is -0.750. The molecule has 2 atom stereocenters. The van der Waals surface area contributed by atoms with Crippen LogP contribution in [-0.4, -0.2) is 66.0 Å². The molecule has 6 heteroatoms. The zero-order valence-corrected chi connectivity index (χ0v) is 14.9. The molecule has 5 nitrogen and oxygen atoms in total. The number of likely N-dealkylation sites (tertiary alicyclic amines) is 1. The zero-order chi connectivity index (χ0) is 16.2. The van der Waals surface area contributed by atoms with E-state index in [0.717, 1.165) is 57.5 Å². The van der Waals surface area contributed by atoms with Crippen molar-refractivity contribution in [1.29, 1.82) is 0 Å². The highest BCUT2D eigenvalue weighted by Gasteiger charge is 2.40. The van der Waals surface area contributed by atoms with E-state index in [9.17, 15) is 9.59 Å². The highest BCUT2D eigenvalue weighted by atomic mass is 32.2. The van der Waals surface area contributed by atoms with Crippen LogP contribution in [0, 0.1) is 11.8 Å². The topological polar surface area (TPSA) is 52.7 Å². The molecule has 2 saturated heterocycles. The minimum absolute atomic E-state index is 0.169. The highest BCUT2D eigenvalue weighted by molar-refractivity contribution is 7.99. The summed E-state index contributed by atoms with van der Waals surface area (Å²) in [4.78, 5) is 29.6. The molecular weight excluding hydrogens is 310 g/mol. The Morgan fingerprint density at radius 1 is 1.13 bits per heavy atom. The van der Waals surface area contributed by atoms with Gasteiger partial charge in [0.05, 0.1) is 5.88 Å². The van der Waals surface area contributed by atoms with Crippen LogP contribution in [0.25, 0.3) is 0 Å². The number of nitrogens with zero attached hydrogens (tertiary/aromatic N) is 2. The lowest BCUT2D eigenvalue weighted by atomic mass is 9.97. The Balaban J connectivity index is 1.62. The van der Waals surface area contributed by atoms with Gasteiger partial charge in [0.2, 0.25) is 11.8 Å². The third-order valence-corrected chi connectivity index (χ3v) is 6.49. The Morgan fingerprint density at radius 2 is 1.91 bits per heavy atom. The molecule has 0 spiro atoms. The van der Waals surface area contributed by atoms with Crippen LogP contribution in [0.2, 0.25) is 0 Å². The predicted octanol–water partition coefficient (Wildman–Crippen LogP) is 1.54. The fourth-order valence-corrected chi connectivity index (χ4v) is 5.36. The first-order valence-electron chi connectivity index (χ1n) is 9.02. The number of amides is 2. The van der Waals surface area contributed by atoms with Crippen molar-refractivity contribution in [3.05, 3.63) is 0 Å². The maximum absolute atomic E-state index is 13.0. The van der Waals surface area contributed by atoms with E-state index in [1.54, 1.807) is 11.8 Å². The van der Waals surface area contributed by atoms with E-state index in [0.29, 0.717) is 11.8 Å². The summed E-state index contributed by atoms with van der Waals surface area (Å²) in [5, 5.41) is 3.22.